The number of aromatic nitrogens is 2. The van der Waals surface area contributed by atoms with E-state index in [1.807, 2.05) is 6.92 Å². The molecule has 0 N–H and O–H groups in total. The minimum absolute atomic E-state index is 0.246. The van der Waals surface area contributed by atoms with Crippen LogP contribution >= 0.6 is 0 Å². The van der Waals surface area contributed by atoms with E-state index in [0.29, 0.717) is 11.4 Å². The van der Waals surface area contributed by atoms with Gasteiger partial charge in [0, 0.05) is 23.6 Å². The van der Waals surface area contributed by atoms with Crippen LogP contribution < -0.4 is 0 Å². The number of halogens is 1. The van der Waals surface area contributed by atoms with Crippen molar-refractivity contribution < 1.29 is 12.8 Å². The number of benzene rings is 2. The van der Waals surface area contributed by atoms with Crippen molar-refractivity contribution in [2.75, 3.05) is 6.26 Å². The lowest BCUT2D eigenvalue weighted by molar-refractivity contribution is 0.602. The fourth-order valence-electron chi connectivity index (χ4n) is 2.36. The minimum Gasteiger partial charge on any atom is -0.252 e. The standard InChI is InChI=1S/C18H15FN2O2S/c1-12-11-20-17(13-3-7-15(19)8-4-13)18(21-12)14-5-9-16(10-6-14)24(2,22)23/h3-11H,1-2H3. The highest BCUT2D eigenvalue weighted by Crippen LogP contribution is 2.29. The maximum Gasteiger partial charge on any atom is 0.175 e. The van der Waals surface area contributed by atoms with Crippen LogP contribution in [0.2, 0.25) is 0 Å². The van der Waals surface area contributed by atoms with Gasteiger partial charge in [-0.05, 0) is 43.3 Å². The smallest absolute Gasteiger partial charge is 0.175 e. The van der Waals surface area contributed by atoms with Crippen molar-refractivity contribution in [3.63, 3.8) is 0 Å². The van der Waals surface area contributed by atoms with Gasteiger partial charge in [-0.15, -0.1) is 0 Å². The lowest BCUT2D eigenvalue weighted by atomic mass is 10.0. The highest BCUT2D eigenvalue weighted by Gasteiger charge is 2.13. The Balaban J connectivity index is 2.13. The monoisotopic (exact) mass is 342 g/mol. The van der Waals surface area contributed by atoms with Crippen LogP contribution in [0, 0.1) is 12.7 Å². The average Bonchev–Trinajstić information content (AvgIpc) is 2.55. The van der Waals surface area contributed by atoms with Gasteiger partial charge in [-0.25, -0.2) is 17.8 Å². The Bertz CT molecular complexity index is 983. The molecule has 4 nitrogen and oxygen atoms in total. The first-order valence-electron chi connectivity index (χ1n) is 7.25. The average molecular weight is 342 g/mol. The van der Waals surface area contributed by atoms with E-state index in [0.717, 1.165) is 16.8 Å². The van der Waals surface area contributed by atoms with Crippen LogP contribution in [0.1, 0.15) is 5.69 Å². The summed E-state index contributed by atoms with van der Waals surface area (Å²) in [5.41, 5.74) is 3.47. The summed E-state index contributed by atoms with van der Waals surface area (Å²) in [6.07, 6.45) is 2.81. The third kappa shape index (κ3) is 3.33. The Morgan fingerprint density at radius 2 is 1.42 bits per heavy atom. The largest absolute Gasteiger partial charge is 0.252 e. The van der Waals surface area contributed by atoms with Gasteiger partial charge >= 0.3 is 0 Å². The van der Waals surface area contributed by atoms with Gasteiger partial charge in [-0.2, -0.15) is 0 Å². The van der Waals surface area contributed by atoms with Gasteiger partial charge in [-0.1, -0.05) is 12.1 Å². The van der Waals surface area contributed by atoms with E-state index in [4.69, 9.17) is 0 Å². The molecule has 0 aliphatic heterocycles. The molecule has 0 saturated heterocycles. The summed E-state index contributed by atoms with van der Waals surface area (Å²) < 4.78 is 36.3. The highest BCUT2D eigenvalue weighted by atomic mass is 32.2. The summed E-state index contributed by atoms with van der Waals surface area (Å²) in [5, 5.41) is 0. The van der Waals surface area contributed by atoms with E-state index < -0.39 is 9.84 Å². The number of rotatable bonds is 3. The van der Waals surface area contributed by atoms with E-state index in [2.05, 4.69) is 9.97 Å². The molecule has 0 unspecified atom stereocenters. The van der Waals surface area contributed by atoms with E-state index in [1.165, 1.54) is 18.4 Å². The summed E-state index contributed by atoms with van der Waals surface area (Å²) in [7, 11) is -3.25. The van der Waals surface area contributed by atoms with Gasteiger partial charge in [0.2, 0.25) is 0 Å². The minimum atomic E-state index is -3.25. The molecular weight excluding hydrogens is 327 g/mol. The number of sulfone groups is 1. The first-order valence-corrected chi connectivity index (χ1v) is 9.14. The predicted octanol–water partition coefficient (Wildman–Crippen LogP) is 3.66. The van der Waals surface area contributed by atoms with Crippen molar-refractivity contribution in [2.45, 2.75) is 11.8 Å². The Labute approximate surface area is 140 Å². The Morgan fingerprint density at radius 1 is 0.875 bits per heavy atom. The number of aryl methyl sites for hydroxylation is 1. The zero-order valence-electron chi connectivity index (χ0n) is 13.2. The van der Waals surface area contributed by atoms with Crippen LogP contribution in [0.15, 0.2) is 59.6 Å². The molecule has 1 heterocycles. The van der Waals surface area contributed by atoms with Crippen LogP contribution in [0.4, 0.5) is 4.39 Å². The molecule has 2 aromatic carbocycles. The quantitative estimate of drug-likeness (QED) is 0.729. The molecule has 24 heavy (non-hydrogen) atoms. The van der Waals surface area contributed by atoms with Crippen LogP contribution in [0.3, 0.4) is 0 Å². The summed E-state index contributed by atoms with van der Waals surface area (Å²) in [6.45, 7) is 1.83. The van der Waals surface area contributed by atoms with Crippen LogP contribution in [0.25, 0.3) is 22.5 Å². The van der Waals surface area contributed by atoms with E-state index in [-0.39, 0.29) is 10.7 Å². The fourth-order valence-corrected chi connectivity index (χ4v) is 2.99. The SMILES string of the molecule is Cc1cnc(-c2ccc(F)cc2)c(-c2ccc(S(C)(=O)=O)cc2)n1. The van der Waals surface area contributed by atoms with Crippen molar-refractivity contribution in [3.8, 4) is 22.5 Å². The molecule has 0 aliphatic carbocycles. The first-order chi connectivity index (χ1) is 11.3. The van der Waals surface area contributed by atoms with Crippen molar-refractivity contribution in [1.82, 2.24) is 9.97 Å². The Morgan fingerprint density at radius 3 is 2.00 bits per heavy atom. The summed E-state index contributed by atoms with van der Waals surface area (Å²) in [4.78, 5) is 9.20. The van der Waals surface area contributed by atoms with Crippen LogP contribution in [0.5, 0.6) is 0 Å². The molecule has 0 saturated carbocycles. The second-order valence-electron chi connectivity index (χ2n) is 5.51. The van der Waals surface area contributed by atoms with Gasteiger partial charge in [0.05, 0.1) is 22.0 Å². The second kappa shape index (κ2) is 6.13. The number of hydrogen-bond acceptors (Lipinski definition) is 4. The van der Waals surface area contributed by atoms with E-state index >= 15 is 0 Å². The maximum absolute atomic E-state index is 13.2. The molecule has 0 fully saturated rings. The highest BCUT2D eigenvalue weighted by molar-refractivity contribution is 7.90. The zero-order chi connectivity index (χ0) is 17.3. The van der Waals surface area contributed by atoms with Gasteiger partial charge in [0.25, 0.3) is 0 Å². The molecule has 0 amide bonds. The Kier molecular flexibility index (Phi) is 4.15. The van der Waals surface area contributed by atoms with Crippen molar-refractivity contribution >= 4 is 9.84 Å². The normalized spacial score (nSPS) is 11.5. The van der Waals surface area contributed by atoms with Gasteiger partial charge in [0.15, 0.2) is 9.84 Å². The molecule has 3 aromatic rings. The predicted molar refractivity (Wildman–Crippen MR) is 90.7 cm³/mol. The molecule has 0 radical (unpaired) electrons. The Hall–Kier alpha value is -2.60. The van der Waals surface area contributed by atoms with Crippen LogP contribution in [-0.2, 0) is 9.84 Å². The molecule has 1 aromatic heterocycles. The van der Waals surface area contributed by atoms with Crippen LogP contribution in [-0.4, -0.2) is 24.6 Å². The van der Waals surface area contributed by atoms with Crippen molar-refractivity contribution in [3.05, 3.63) is 66.2 Å². The van der Waals surface area contributed by atoms with E-state index in [9.17, 15) is 12.8 Å². The maximum atomic E-state index is 13.2. The van der Waals surface area contributed by atoms with Gasteiger partial charge in [-0.3, -0.25) is 4.98 Å². The number of nitrogens with zero attached hydrogens (tertiary/aromatic N) is 2. The van der Waals surface area contributed by atoms with Gasteiger partial charge in [0.1, 0.15) is 5.82 Å². The lowest BCUT2D eigenvalue weighted by Gasteiger charge is -2.10. The lowest BCUT2D eigenvalue weighted by Crippen LogP contribution is -1.98. The second-order valence-corrected chi connectivity index (χ2v) is 7.53. The molecule has 0 spiro atoms. The third-order valence-corrected chi connectivity index (χ3v) is 4.69. The fraction of sp³-hybridized carbons (Fsp3) is 0.111. The molecular formula is C18H15FN2O2S. The molecule has 0 aliphatic rings. The molecule has 3 rings (SSSR count). The van der Waals surface area contributed by atoms with Crippen molar-refractivity contribution in [1.29, 1.82) is 0 Å². The zero-order valence-corrected chi connectivity index (χ0v) is 14.0. The summed E-state index contributed by atoms with van der Waals surface area (Å²) in [5.74, 6) is -0.321. The molecule has 6 heteroatoms. The summed E-state index contributed by atoms with van der Waals surface area (Å²) in [6, 6.07) is 12.5. The molecule has 122 valence electrons. The van der Waals surface area contributed by atoms with Gasteiger partial charge < -0.3 is 0 Å². The van der Waals surface area contributed by atoms with E-state index in [1.54, 1.807) is 42.6 Å². The third-order valence-electron chi connectivity index (χ3n) is 3.57. The topological polar surface area (TPSA) is 59.9 Å². The molecule has 0 bridgehead atoms. The first kappa shape index (κ1) is 16.3. The summed E-state index contributed by atoms with van der Waals surface area (Å²) >= 11 is 0. The number of hydrogen-bond donors (Lipinski definition) is 0. The molecule has 0 atom stereocenters. The van der Waals surface area contributed by atoms with Crippen molar-refractivity contribution in [2.24, 2.45) is 0 Å².